The maximum atomic E-state index is 13.7. The molecule has 1 atom stereocenters. The third-order valence-corrected chi connectivity index (χ3v) is 16.1. The monoisotopic (exact) mass is 957 g/mol. The zero-order valence-electron chi connectivity index (χ0n) is 41.3. The lowest BCUT2D eigenvalue weighted by Crippen LogP contribution is -2.12. The lowest BCUT2D eigenvalue weighted by atomic mass is 9.80. The van der Waals surface area contributed by atoms with Gasteiger partial charge in [-0.3, -0.25) is 0 Å². The SMILES string of the molecule is CC1CCC(CCc2ccc(-c3cc(F)c(F)c(F)c3)cc2)CC1.CC1CCC(CCc2ccc(-c3ccc(F)cc3)cc2)CC1.CC1CCC(CCc2ccc(-c3ccc(P)c(F)c3)cc2)CC1. The van der Waals surface area contributed by atoms with Crippen molar-refractivity contribution in [1.29, 1.82) is 0 Å². The molecule has 6 aromatic carbocycles. The number of rotatable bonds is 12. The fourth-order valence-corrected chi connectivity index (χ4v) is 10.8. The lowest BCUT2D eigenvalue weighted by molar-refractivity contribution is 0.278. The minimum absolute atomic E-state index is 0.164. The summed E-state index contributed by atoms with van der Waals surface area (Å²) >= 11 is 0. The molecule has 0 amide bonds. The van der Waals surface area contributed by atoms with Gasteiger partial charge in [0.15, 0.2) is 17.5 Å². The minimum Gasteiger partial charge on any atom is -0.207 e. The van der Waals surface area contributed by atoms with Crippen LogP contribution in [0.5, 0.6) is 0 Å². The van der Waals surface area contributed by atoms with Crippen LogP contribution in [0.3, 0.4) is 0 Å². The van der Waals surface area contributed by atoms with Crippen molar-refractivity contribution in [2.75, 3.05) is 0 Å². The van der Waals surface area contributed by atoms with E-state index in [-0.39, 0.29) is 11.6 Å². The van der Waals surface area contributed by atoms with Crippen LogP contribution in [-0.2, 0) is 19.3 Å². The molecule has 0 aliphatic heterocycles. The quantitative estimate of drug-likeness (QED) is 0.0651. The molecule has 3 saturated carbocycles. The van der Waals surface area contributed by atoms with Gasteiger partial charge in [0.25, 0.3) is 0 Å². The van der Waals surface area contributed by atoms with Crippen LogP contribution in [0.4, 0.5) is 22.0 Å². The van der Waals surface area contributed by atoms with Crippen molar-refractivity contribution in [2.45, 2.75) is 136 Å². The number of hydrogen-bond donors (Lipinski definition) is 0. The van der Waals surface area contributed by atoms with Gasteiger partial charge in [0.2, 0.25) is 0 Å². The highest BCUT2D eigenvalue weighted by atomic mass is 31.0. The van der Waals surface area contributed by atoms with Gasteiger partial charge >= 0.3 is 0 Å². The van der Waals surface area contributed by atoms with E-state index in [1.165, 1.54) is 132 Å². The summed E-state index contributed by atoms with van der Waals surface area (Å²) in [6.07, 6.45) is 23.8. The summed E-state index contributed by atoms with van der Waals surface area (Å²) in [5.41, 5.74) is 9.39. The Morgan fingerprint density at radius 3 is 0.986 bits per heavy atom. The number of benzene rings is 6. The molecule has 3 aliphatic rings. The zero-order valence-corrected chi connectivity index (χ0v) is 42.4. The van der Waals surface area contributed by atoms with E-state index in [9.17, 15) is 22.0 Å². The predicted octanol–water partition coefficient (Wildman–Crippen LogP) is 18.5. The molecule has 0 aromatic heterocycles. The molecule has 366 valence electrons. The third kappa shape index (κ3) is 16.2. The van der Waals surface area contributed by atoms with Crippen LogP contribution in [0.2, 0.25) is 0 Å². The smallest absolute Gasteiger partial charge is 0.194 e. The molecule has 9 rings (SSSR count). The molecule has 6 heteroatoms. The molecule has 3 fully saturated rings. The van der Waals surface area contributed by atoms with Crippen molar-refractivity contribution in [3.05, 3.63) is 173 Å². The normalized spacial score (nSPS) is 21.3. The van der Waals surface area contributed by atoms with Crippen LogP contribution in [0.25, 0.3) is 33.4 Å². The lowest BCUT2D eigenvalue weighted by Gasteiger charge is -2.26. The van der Waals surface area contributed by atoms with E-state index in [4.69, 9.17) is 0 Å². The second-order valence-electron chi connectivity index (χ2n) is 21.1. The maximum absolute atomic E-state index is 13.7. The third-order valence-electron chi connectivity index (χ3n) is 15.6. The Balaban J connectivity index is 0.000000153. The average Bonchev–Trinajstić information content (AvgIpc) is 3.37. The Labute approximate surface area is 413 Å². The van der Waals surface area contributed by atoms with E-state index in [1.54, 1.807) is 6.07 Å². The highest BCUT2D eigenvalue weighted by molar-refractivity contribution is 7.27. The first-order valence-electron chi connectivity index (χ1n) is 26.1. The molecule has 0 radical (unpaired) electrons. The van der Waals surface area contributed by atoms with Gasteiger partial charge in [0.1, 0.15) is 11.6 Å². The Kier molecular flexibility index (Phi) is 19.7. The highest BCUT2D eigenvalue weighted by Gasteiger charge is 2.20. The molecule has 3 aliphatic carbocycles. The standard InChI is InChI=1S/C21H23F3.C21H26FP.C21H25F/c1-14-2-4-15(5-3-14)6-7-16-8-10-17(11-9-16)18-12-19(22)21(24)20(23)13-18;1-15-2-4-16(5-3-15)6-7-17-8-10-18(11-9-17)19-12-13-21(23)20(22)14-19;1-16-2-4-17(5-3-16)6-7-18-8-10-19(11-9-18)20-12-14-21(22)15-13-20/h8-15H,2-7H2,1H3;8-16H,2-7,23H2,1H3;8-17H,2-7H2,1H3. The van der Waals surface area contributed by atoms with Crippen LogP contribution in [0.15, 0.2) is 127 Å². The number of hydrogen-bond acceptors (Lipinski definition) is 0. The van der Waals surface area contributed by atoms with E-state index in [0.717, 1.165) is 82.7 Å². The molecule has 6 aromatic rings. The van der Waals surface area contributed by atoms with Gasteiger partial charge in [0.05, 0.1) is 0 Å². The first-order chi connectivity index (χ1) is 33.3. The number of aryl methyl sites for hydroxylation is 3. The Bertz CT molecular complexity index is 2430. The molecule has 0 N–H and O–H groups in total. The molecule has 0 saturated heterocycles. The molecule has 69 heavy (non-hydrogen) atoms. The topological polar surface area (TPSA) is 0 Å². The molecule has 0 spiro atoms. The first kappa shape index (κ1) is 52.2. The van der Waals surface area contributed by atoms with Crippen molar-refractivity contribution in [3.63, 3.8) is 0 Å². The summed E-state index contributed by atoms with van der Waals surface area (Å²) in [4.78, 5) is 0. The van der Waals surface area contributed by atoms with E-state index < -0.39 is 17.5 Å². The van der Waals surface area contributed by atoms with Crippen LogP contribution < -0.4 is 5.30 Å². The fraction of sp³-hybridized carbons (Fsp3) is 0.429. The van der Waals surface area contributed by atoms with Crippen molar-refractivity contribution >= 4 is 14.5 Å². The molecule has 0 heterocycles. The van der Waals surface area contributed by atoms with Gasteiger partial charge in [-0.25, -0.2) is 22.0 Å². The van der Waals surface area contributed by atoms with Crippen LogP contribution in [0.1, 0.15) is 134 Å². The highest BCUT2D eigenvalue weighted by Crippen LogP contribution is 2.34. The van der Waals surface area contributed by atoms with E-state index in [1.807, 2.05) is 48.5 Å². The summed E-state index contributed by atoms with van der Waals surface area (Å²) in [5.74, 6) is 1.33. The fourth-order valence-electron chi connectivity index (χ4n) is 10.6. The predicted molar refractivity (Wildman–Crippen MR) is 283 cm³/mol. The van der Waals surface area contributed by atoms with E-state index >= 15 is 0 Å². The molecular weight excluding hydrogens is 883 g/mol. The summed E-state index contributed by atoms with van der Waals surface area (Å²) in [7, 11) is 2.42. The van der Waals surface area contributed by atoms with Gasteiger partial charge in [-0.1, -0.05) is 195 Å². The van der Waals surface area contributed by atoms with Crippen LogP contribution in [-0.4, -0.2) is 0 Å². The van der Waals surface area contributed by atoms with Crippen molar-refractivity contribution < 1.29 is 22.0 Å². The maximum Gasteiger partial charge on any atom is 0.194 e. The second kappa shape index (κ2) is 26.0. The summed E-state index contributed by atoms with van der Waals surface area (Å²) in [5, 5.41) is 0.618. The van der Waals surface area contributed by atoms with Gasteiger partial charge in [-0.2, -0.15) is 0 Å². The largest absolute Gasteiger partial charge is 0.207 e. The zero-order chi connectivity index (χ0) is 48.7. The average molecular weight is 957 g/mol. The Morgan fingerprint density at radius 1 is 0.348 bits per heavy atom. The van der Waals surface area contributed by atoms with Gasteiger partial charge in [-0.15, -0.1) is 9.24 Å². The van der Waals surface area contributed by atoms with E-state index in [2.05, 4.69) is 78.5 Å². The van der Waals surface area contributed by atoms with Gasteiger partial charge in [0, 0.05) is 5.30 Å². The molecular formula is C63H74F5P. The summed E-state index contributed by atoms with van der Waals surface area (Å²) in [6, 6.07) is 39.3. The van der Waals surface area contributed by atoms with E-state index in [0.29, 0.717) is 16.4 Å². The Morgan fingerprint density at radius 2 is 0.638 bits per heavy atom. The van der Waals surface area contributed by atoms with Crippen molar-refractivity contribution in [1.82, 2.24) is 0 Å². The van der Waals surface area contributed by atoms with Crippen LogP contribution in [0, 0.1) is 64.6 Å². The molecule has 0 bridgehead atoms. The summed E-state index contributed by atoms with van der Waals surface area (Å²) < 4.78 is 66.4. The number of halogens is 5. The second-order valence-corrected chi connectivity index (χ2v) is 21.7. The summed E-state index contributed by atoms with van der Waals surface area (Å²) in [6.45, 7) is 7.09. The van der Waals surface area contributed by atoms with Crippen molar-refractivity contribution in [3.8, 4) is 33.4 Å². The molecule has 0 nitrogen and oxygen atoms in total. The first-order valence-corrected chi connectivity index (χ1v) is 26.7. The van der Waals surface area contributed by atoms with Gasteiger partial charge in [-0.05, 0) is 154 Å². The minimum atomic E-state index is -1.42. The van der Waals surface area contributed by atoms with Gasteiger partial charge < -0.3 is 0 Å². The van der Waals surface area contributed by atoms with Crippen LogP contribution >= 0.6 is 9.24 Å². The Hall–Kier alpha value is -4.60. The molecule has 1 unspecified atom stereocenters. The van der Waals surface area contributed by atoms with Crippen molar-refractivity contribution in [2.24, 2.45) is 35.5 Å².